The minimum Gasteiger partial charge on any atom is -0.357 e. The number of nitrogens with one attached hydrogen (secondary N) is 2. The molecule has 0 radical (unpaired) electrons. The number of benzene rings is 1. The molecule has 98 valence electrons. The Bertz CT molecular complexity index is 523. The zero-order valence-corrected chi connectivity index (χ0v) is 11.7. The molecule has 0 saturated heterocycles. The third kappa shape index (κ3) is 4.34. The van der Waals surface area contributed by atoms with Gasteiger partial charge >= 0.3 is 0 Å². The molecule has 0 aliphatic rings. The molecule has 0 aliphatic heterocycles. The van der Waals surface area contributed by atoms with Crippen molar-refractivity contribution in [1.82, 2.24) is 10.3 Å². The zero-order valence-electron chi connectivity index (χ0n) is 10.9. The summed E-state index contributed by atoms with van der Waals surface area (Å²) in [5.74, 6) is 0. The summed E-state index contributed by atoms with van der Waals surface area (Å²) in [6.45, 7) is 2.77. The van der Waals surface area contributed by atoms with E-state index in [0.717, 1.165) is 17.8 Å². The molecule has 2 N–H and O–H groups in total. The van der Waals surface area contributed by atoms with Crippen LogP contribution in [0.25, 0.3) is 0 Å². The van der Waals surface area contributed by atoms with E-state index in [9.17, 15) is 0 Å². The van der Waals surface area contributed by atoms with Crippen molar-refractivity contribution in [2.24, 2.45) is 0 Å². The Morgan fingerprint density at radius 2 is 1.95 bits per heavy atom. The molecule has 1 aromatic heterocycles. The van der Waals surface area contributed by atoms with Gasteiger partial charge in [-0.25, -0.2) is 0 Å². The Labute approximate surface area is 119 Å². The molecular formula is C15H17N3S. The summed E-state index contributed by atoms with van der Waals surface area (Å²) in [7, 11) is 0. The van der Waals surface area contributed by atoms with Crippen molar-refractivity contribution in [2.75, 3.05) is 5.32 Å². The van der Waals surface area contributed by atoms with E-state index in [2.05, 4.69) is 34.7 Å². The van der Waals surface area contributed by atoms with Gasteiger partial charge < -0.3 is 10.6 Å². The van der Waals surface area contributed by atoms with Crippen LogP contribution in [0.2, 0.25) is 0 Å². The summed E-state index contributed by atoms with van der Waals surface area (Å²) in [6, 6.07) is 14.1. The average Bonchev–Trinajstić information content (AvgIpc) is 2.47. The van der Waals surface area contributed by atoms with Gasteiger partial charge in [-0.1, -0.05) is 25.1 Å². The van der Waals surface area contributed by atoms with Gasteiger partial charge in [0.05, 0.1) is 12.2 Å². The third-order valence-electron chi connectivity index (χ3n) is 2.78. The first kappa shape index (κ1) is 13.5. The minimum absolute atomic E-state index is 0.606. The van der Waals surface area contributed by atoms with Gasteiger partial charge in [0, 0.05) is 11.9 Å². The van der Waals surface area contributed by atoms with E-state index in [4.69, 9.17) is 12.2 Å². The molecule has 2 rings (SSSR count). The Kier molecular flexibility index (Phi) is 4.86. The smallest absolute Gasteiger partial charge is 0.171 e. The molecule has 0 amide bonds. The lowest BCUT2D eigenvalue weighted by atomic mass is 10.1. The van der Waals surface area contributed by atoms with Crippen molar-refractivity contribution in [2.45, 2.75) is 19.9 Å². The number of aryl methyl sites for hydroxylation is 1. The maximum absolute atomic E-state index is 5.25. The number of pyridine rings is 1. The van der Waals surface area contributed by atoms with Crippen LogP contribution in [-0.4, -0.2) is 10.1 Å². The molecular weight excluding hydrogens is 254 g/mol. The molecule has 0 aliphatic carbocycles. The topological polar surface area (TPSA) is 37.0 Å². The first-order valence-corrected chi connectivity index (χ1v) is 6.72. The van der Waals surface area contributed by atoms with Crippen molar-refractivity contribution in [3.05, 3.63) is 59.9 Å². The number of rotatable bonds is 4. The quantitative estimate of drug-likeness (QED) is 0.838. The normalized spacial score (nSPS) is 9.95. The molecule has 0 unspecified atom stereocenters. The fourth-order valence-corrected chi connectivity index (χ4v) is 1.86. The molecule has 0 spiro atoms. The SMILES string of the molecule is CCc1ccc(NC(=S)NCc2ccccn2)cc1. The second kappa shape index (κ2) is 6.85. The first-order chi connectivity index (χ1) is 9.28. The monoisotopic (exact) mass is 271 g/mol. The van der Waals surface area contributed by atoms with Gasteiger partial charge in [-0.15, -0.1) is 0 Å². The minimum atomic E-state index is 0.606. The standard InChI is InChI=1S/C15H17N3S/c1-2-12-6-8-13(9-7-12)18-15(19)17-11-14-5-3-4-10-16-14/h3-10H,2,11H2,1H3,(H2,17,18,19). The summed E-state index contributed by atoms with van der Waals surface area (Å²) in [5, 5.41) is 6.90. The maximum Gasteiger partial charge on any atom is 0.171 e. The van der Waals surface area contributed by atoms with Crippen LogP contribution in [0.1, 0.15) is 18.2 Å². The van der Waals surface area contributed by atoms with Crippen LogP contribution in [0.15, 0.2) is 48.7 Å². The predicted molar refractivity (Wildman–Crippen MR) is 83.1 cm³/mol. The molecule has 0 fully saturated rings. The molecule has 0 atom stereocenters. The van der Waals surface area contributed by atoms with Crippen molar-refractivity contribution in [1.29, 1.82) is 0 Å². The van der Waals surface area contributed by atoms with Crippen molar-refractivity contribution >= 4 is 23.0 Å². The van der Waals surface area contributed by atoms with Crippen molar-refractivity contribution in [3.63, 3.8) is 0 Å². The molecule has 3 nitrogen and oxygen atoms in total. The van der Waals surface area contributed by atoms with Crippen molar-refractivity contribution < 1.29 is 0 Å². The summed E-state index contributed by atoms with van der Waals surface area (Å²) in [6.07, 6.45) is 2.82. The first-order valence-electron chi connectivity index (χ1n) is 6.31. The maximum atomic E-state index is 5.25. The van der Waals surface area contributed by atoms with Gasteiger partial charge in [0.2, 0.25) is 0 Å². The lowest BCUT2D eigenvalue weighted by molar-refractivity contribution is 0.882. The highest BCUT2D eigenvalue weighted by Crippen LogP contribution is 2.09. The third-order valence-corrected chi connectivity index (χ3v) is 3.02. The van der Waals surface area contributed by atoms with Crippen LogP contribution in [0.5, 0.6) is 0 Å². The van der Waals surface area contributed by atoms with Crippen LogP contribution in [0.3, 0.4) is 0 Å². The van der Waals surface area contributed by atoms with Gasteiger partial charge in [0.1, 0.15) is 0 Å². The number of nitrogens with zero attached hydrogens (tertiary/aromatic N) is 1. The molecule has 2 aromatic rings. The van der Waals surface area contributed by atoms with Gasteiger partial charge in [-0.2, -0.15) is 0 Å². The van der Waals surface area contributed by atoms with E-state index in [1.807, 2.05) is 30.3 Å². The highest BCUT2D eigenvalue weighted by atomic mass is 32.1. The summed E-state index contributed by atoms with van der Waals surface area (Å²) in [4.78, 5) is 4.23. The number of thiocarbonyl (C=S) groups is 1. The van der Waals surface area contributed by atoms with Crippen molar-refractivity contribution in [3.8, 4) is 0 Å². The van der Waals surface area contributed by atoms with Crippen LogP contribution in [0, 0.1) is 0 Å². The second-order valence-electron chi connectivity index (χ2n) is 4.18. The summed E-state index contributed by atoms with van der Waals surface area (Å²) in [5.41, 5.74) is 3.28. The van der Waals surface area contributed by atoms with Gasteiger partial charge in [0.25, 0.3) is 0 Å². The van der Waals surface area contributed by atoms with E-state index >= 15 is 0 Å². The number of aromatic nitrogens is 1. The van der Waals surface area contributed by atoms with E-state index in [0.29, 0.717) is 11.7 Å². The Morgan fingerprint density at radius 3 is 2.58 bits per heavy atom. The lowest BCUT2D eigenvalue weighted by Crippen LogP contribution is -2.28. The Balaban J connectivity index is 1.83. The fourth-order valence-electron chi connectivity index (χ4n) is 1.67. The van der Waals surface area contributed by atoms with Crippen LogP contribution >= 0.6 is 12.2 Å². The number of hydrogen-bond acceptors (Lipinski definition) is 2. The molecule has 1 aromatic carbocycles. The Morgan fingerprint density at radius 1 is 1.16 bits per heavy atom. The Hall–Kier alpha value is -1.94. The van der Waals surface area contributed by atoms with Crippen LogP contribution < -0.4 is 10.6 Å². The summed E-state index contributed by atoms with van der Waals surface area (Å²) >= 11 is 5.25. The average molecular weight is 271 g/mol. The summed E-state index contributed by atoms with van der Waals surface area (Å²) < 4.78 is 0. The predicted octanol–water partition coefficient (Wildman–Crippen LogP) is 3.13. The van der Waals surface area contributed by atoms with E-state index in [1.165, 1.54) is 5.56 Å². The zero-order chi connectivity index (χ0) is 13.5. The van der Waals surface area contributed by atoms with Crippen LogP contribution in [0.4, 0.5) is 5.69 Å². The van der Waals surface area contributed by atoms with Gasteiger partial charge in [0.15, 0.2) is 5.11 Å². The van der Waals surface area contributed by atoms with Gasteiger partial charge in [-0.05, 0) is 48.5 Å². The molecule has 0 saturated carbocycles. The van der Waals surface area contributed by atoms with Gasteiger partial charge in [-0.3, -0.25) is 4.98 Å². The molecule has 19 heavy (non-hydrogen) atoms. The largest absolute Gasteiger partial charge is 0.357 e. The van der Waals surface area contributed by atoms with E-state index in [1.54, 1.807) is 6.20 Å². The van der Waals surface area contributed by atoms with E-state index in [-0.39, 0.29) is 0 Å². The highest BCUT2D eigenvalue weighted by Gasteiger charge is 1.98. The molecule has 1 heterocycles. The van der Waals surface area contributed by atoms with E-state index < -0.39 is 0 Å². The second-order valence-corrected chi connectivity index (χ2v) is 4.59. The molecule has 0 bridgehead atoms. The molecule has 4 heteroatoms. The fraction of sp³-hybridized carbons (Fsp3) is 0.200. The van der Waals surface area contributed by atoms with Crippen LogP contribution in [-0.2, 0) is 13.0 Å². The lowest BCUT2D eigenvalue weighted by Gasteiger charge is -2.10. The number of anilines is 1. The highest BCUT2D eigenvalue weighted by molar-refractivity contribution is 7.80. The number of hydrogen-bond donors (Lipinski definition) is 2.